The molecule has 0 unspecified atom stereocenters. The molecule has 0 saturated carbocycles. The third-order valence-corrected chi connectivity index (χ3v) is 4.98. The maximum atomic E-state index is 12.2. The molecule has 0 fully saturated rings. The van der Waals surface area contributed by atoms with Crippen LogP contribution in [0.1, 0.15) is 30.9 Å². The number of hydrogen-bond donors (Lipinski definition) is 2. The molecule has 0 saturated heterocycles. The minimum absolute atomic E-state index is 0.0587. The fourth-order valence-corrected chi connectivity index (χ4v) is 3.46. The summed E-state index contributed by atoms with van der Waals surface area (Å²) in [5.74, 6) is -1.13. The first-order valence-electron chi connectivity index (χ1n) is 9.42. The minimum atomic E-state index is -0.863. The third kappa shape index (κ3) is 4.39. The Kier molecular flexibility index (Phi) is 6.16. The van der Waals surface area contributed by atoms with E-state index in [0.29, 0.717) is 0 Å². The number of carbonyl (C=O) groups is 3. The molecule has 0 radical (unpaired) electrons. The number of carbonyl (C=O) groups excluding carboxylic acids is 3. The Labute approximate surface area is 169 Å². The van der Waals surface area contributed by atoms with E-state index in [0.717, 1.165) is 22.3 Å². The van der Waals surface area contributed by atoms with Gasteiger partial charge in [-0.25, -0.2) is 9.59 Å². The Morgan fingerprint density at radius 1 is 0.897 bits per heavy atom. The van der Waals surface area contributed by atoms with Crippen LogP contribution in [-0.2, 0) is 19.1 Å². The van der Waals surface area contributed by atoms with Crippen molar-refractivity contribution in [2.75, 3.05) is 13.7 Å². The summed E-state index contributed by atoms with van der Waals surface area (Å²) in [7, 11) is 1.24. The molecule has 2 aromatic rings. The molecule has 2 amide bonds. The molecule has 3 rings (SSSR count). The lowest BCUT2D eigenvalue weighted by molar-refractivity contribution is -0.144. The van der Waals surface area contributed by atoms with Crippen molar-refractivity contribution < 1.29 is 23.9 Å². The predicted molar refractivity (Wildman–Crippen MR) is 107 cm³/mol. The van der Waals surface area contributed by atoms with E-state index < -0.39 is 30.1 Å². The fourth-order valence-electron chi connectivity index (χ4n) is 3.46. The summed E-state index contributed by atoms with van der Waals surface area (Å²) in [6.07, 6.45) is -0.694. The molecule has 2 atom stereocenters. The molecule has 0 aromatic heterocycles. The van der Waals surface area contributed by atoms with Crippen molar-refractivity contribution in [3.05, 3.63) is 59.7 Å². The smallest absolute Gasteiger partial charge is 0.407 e. The molecule has 2 aromatic carbocycles. The zero-order valence-electron chi connectivity index (χ0n) is 16.6. The molecular weight excluding hydrogens is 372 g/mol. The van der Waals surface area contributed by atoms with Crippen molar-refractivity contribution in [1.82, 2.24) is 10.6 Å². The van der Waals surface area contributed by atoms with Crippen LogP contribution >= 0.6 is 0 Å². The van der Waals surface area contributed by atoms with Gasteiger partial charge in [-0.1, -0.05) is 48.5 Å². The number of ether oxygens (including phenoxy) is 2. The van der Waals surface area contributed by atoms with E-state index in [1.807, 2.05) is 36.4 Å². The van der Waals surface area contributed by atoms with Gasteiger partial charge in [0.25, 0.3) is 0 Å². The zero-order valence-corrected chi connectivity index (χ0v) is 16.6. The number of methoxy groups -OCH3 is 1. The highest BCUT2D eigenvalue weighted by atomic mass is 16.5. The standard InChI is InChI=1S/C22H24N2O5/c1-13(20(25)23-14(2)21(26)28-3)24-22(27)29-12-19-17-10-6-4-8-15(17)16-9-5-7-11-18(16)19/h4-11,13-14,19H,12H2,1-3H3,(H,23,25)(H,24,27)/t13-,14-/m1/s1. The maximum absolute atomic E-state index is 12.2. The summed E-state index contributed by atoms with van der Waals surface area (Å²) < 4.78 is 9.97. The zero-order chi connectivity index (χ0) is 21.0. The number of rotatable bonds is 6. The second kappa shape index (κ2) is 8.77. The first-order valence-corrected chi connectivity index (χ1v) is 9.42. The van der Waals surface area contributed by atoms with Gasteiger partial charge in [0.2, 0.25) is 5.91 Å². The number of fused-ring (bicyclic) bond motifs is 3. The number of benzene rings is 2. The Bertz CT molecular complexity index is 881. The van der Waals surface area contributed by atoms with E-state index in [4.69, 9.17) is 4.74 Å². The average molecular weight is 396 g/mol. The van der Waals surface area contributed by atoms with Crippen LogP contribution in [0.25, 0.3) is 11.1 Å². The summed E-state index contributed by atoms with van der Waals surface area (Å²) in [5, 5.41) is 4.96. The van der Waals surface area contributed by atoms with Gasteiger partial charge in [-0.05, 0) is 36.1 Å². The molecule has 29 heavy (non-hydrogen) atoms. The van der Waals surface area contributed by atoms with Crippen molar-refractivity contribution in [2.45, 2.75) is 31.8 Å². The van der Waals surface area contributed by atoms with Gasteiger partial charge in [-0.15, -0.1) is 0 Å². The first-order chi connectivity index (χ1) is 13.9. The Balaban J connectivity index is 1.58. The van der Waals surface area contributed by atoms with Crippen LogP contribution in [0.2, 0.25) is 0 Å². The van der Waals surface area contributed by atoms with Crippen molar-refractivity contribution in [1.29, 1.82) is 0 Å². The number of hydrogen-bond acceptors (Lipinski definition) is 5. The SMILES string of the molecule is COC(=O)[C@@H](C)NC(=O)[C@@H](C)NC(=O)OCC1c2ccccc2-c2ccccc21. The Hall–Kier alpha value is -3.35. The molecule has 2 N–H and O–H groups in total. The highest BCUT2D eigenvalue weighted by molar-refractivity contribution is 5.89. The number of amides is 2. The van der Waals surface area contributed by atoms with Crippen LogP contribution in [0.15, 0.2) is 48.5 Å². The highest BCUT2D eigenvalue weighted by Crippen LogP contribution is 2.44. The molecule has 1 aliphatic rings. The third-order valence-electron chi connectivity index (χ3n) is 4.98. The molecular formula is C22H24N2O5. The van der Waals surface area contributed by atoms with Crippen molar-refractivity contribution in [3.63, 3.8) is 0 Å². The van der Waals surface area contributed by atoms with Crippen LogP contribution < -0.4 is 10.6 Å². The normalized spacial score (nSPS) is 14.2. The molecule has 7 nitrogen and oxygen atoms in total. The molecule has 1 aliphatic carbocycles. The highest BCUT2D eigenvalue weighted by Gasteiger charge is 2.29. The molecule has 0 aliphatic heterocycles. The first kappa shape index (κ1) is 20.4. The Morgan fingerprint density at radius 3 is 2.00 bits per heavy atom. The number of nitrogens with one attached hydrogen (secondary N) is 2. The van der Waals surface area contributed by atoms with E-state index >= 15 is 0 Å². The molecule has 0 heterocycles. The average Bonchev–Trinajstić information content (AvgIpc) is 3.05. The Morgan fingerprint density at radius 2 is 1.45 bits per heavy atom. The fraction of sp³-hybridized carbons (Fsp3) is 0.318. The summed E-state index contributed by atoms with van der Waals surface area (Å²) >= 11 is 0. The second-order valence-corrected chi connectivity index (χ2v) is 6.95. The lowest BCUT2D eigenvalue weighted by Crippen LogP contribution is -2.49. The second-order valence-electron chi connectivity index (χ2n) is 6.95. The van der Waals surface area contributed by atoms with Gasteiger partial charge in [0.05, 0.1) is 7.11 Å². The molecule has 7 heteroatoms. The lowest BCUT2D eigenvalue weighted by Gasteiger charge is -2.18. The lowest BCUT2D eigenvalue weighted by atomic mass is 9.98. The topological polar surface area (TPSA) is 93.7 Å². The minimum Gasteiger partial charge on any atom is -0.467 e. The maximum Gasteiger partial charge on any atom is 0.407 e. The molecule has 152 valence electrons. The summed E-state index contributed by atoms with van der Waals surface area (Å²) in [4.78, 5) is 35.7. The van der Waals surface area contributed by atoms with Gasteiger partial charge in [0.15, 0.2) is 0 Å². The van der Waals surface area contributed by atoms with Crippen LogP contribution in [0.5, 0.6) is 0 Å². The van der Waals surface area contributed by atoms with Crippen LogP contribution in [0.3, 0.4) is 0 Å². The van der Waals surface area contributed by atoms with Gasteiger partial charge in [0, 0.05) is 5.92 Å². The quantitative estimate of drug-likeness (QED) is 0.732. The van der Waals surface area contributed by atoms with Crippen molar-refractivity contribution >= 4 is 18.0 Å². The van der Waals surface area contributed by atoms with Crippen molar-refractivity contribution in [2.24, 2.45) is 0 Å². The number of esters is 1. The predicted octanol–water partition coefficient (Wildman–Crippen LogP) is 2.59. The monoisotopic (exact) mass is 396 g/mol. The van der Waals surface area contributed by atoms with Crippen LogP contribution in [-0.4, -0.2) is 43.8 Å². The largest absolute Gasteiger partial charge is 0.467 e. The van der Waals surface area contributed by atoms with Gasteiger partial charge in [-0.3, -0.25) is 4.79 Å². The number of alkyl carbamates (subject to hydrolysis) is 1. The van der Waals surface area contributed by atoms with E-state index in [9.17, 15) is 14.4 Å². The van der Waals surface area contributed by atoms with E-state index in [1.165, 1.54) is 21.0 Å². The van der Waals surface area contributed by atoms with Gasteiger partial charge < -0.3 is 20.1 Å². The van der Waals surface area contributed by atoms with Gasteiger partial charge in [-0.2, -0.15) is 0 Å². The summed E-state index contributed by atoms with van der Waals surface area (Å²) in [6, 6.07) is 14.4. The van der Waals surface area contributed by atoms with E-state index in [2.05, 4.69) is 27.5 Å². The van der Waals surface area contributed by atoms with Gasteiger partial charge in [0.1, 0.15) is 18.7 Å². The van der Waals surface area contributed by atoms with Gasteiger partial charge >= 0.3 is 12.1 Å². The van der Waals surface area contributed by atoms with Crippen LogP contribution in [0, 0.1) is 0 Å². The molecule has 0 spiro atoms. The van der Waals surface area contributed by atoms with E-state index in [1.54, 1.807) is 0 Å². The summed E-state index contributed by atoms with van der Waals surface area (Å²) in [6.45, 7) is 3.18. The van der Waals surface area contributed by atoms with Crippen LogP contribution in [0.4, 0.5) is 4.79 Å². The summed E-state index contributed by atoms with van der Waals surface area (Å²) in [5.41, 5.74) is 4.50. The molecule has 0 bridgehead atoms. The van der Waals surface area contributed by atoms with E-state index in [-0.39, 0.29) is 12.5 Å². The van der Waals surface area contributed by atoms with Crippen molar-refractivity contribution in [3.8, 4) is 11.1 Å².